The van der Waals surface area contributed by atoms with Crippen LogP contribution in [0, 0.1) is 5.41 Å². The summed E-state index contributed by atoms with van der Waals surface area (Å²) in [6.07, 6.45) is 2.63. The van der Waals surface area contributed by atoms with Crippen molar-refractivity contribution >= 4 is 11.9 Å². The molecular formula is C12H19NO4. The lowest BCUT2D eigenvalue weighted by atomic mass is 9.65. The predicted octanol–water partition coefficient (Wildman–Crippen LogP) is 0.877. The maximum absolute atomic E-state index is 12.1. The standard InChI is InChI=1S/C12H19NO4/c1-8(2)17-9-5-12(6-9)3-4-13(11(12)16)7-10(14)15/h8-9H,3-7H2,1-2H3,(H,14,15). The maximum atomic E-state index is 12.1. The minimum Gasteiger partial charge on any atom is -0.480 e. The van der Waals surface area contributed by atoms with Crippen molar-refractivity contribution in [2.45, 2.75) is 45.3 Å². The van der Waals surface area contributed by atoms with E-state index < -0.39 is 5.97 Å². The minimum absolute atomic E-state index is 0.00325. The highest BCUT2D eigenvalue weighted by atomic mass is 16.5. The Morgan fingerprint density at radius 3 is 2.76 bits per heavy atom. The number of carboxylic acid groups (broad SMARTS) is 1. The molecule has 1 amide bonds. The van der Waals surface area contributed by atoms with Gasteiger partial charge in [-0.2, -0.15) is 0 Å². The molecule has 0 aromatic rings. The number of amides is 1. The summed E-state index contributed by atoms with van der Waals surface area (Å²) in [7, 11) is 0. The van der Waals surface area contributed by atoms with Gasteiger partial charge in [-0.05, 0) is 33.1 Å². The molecule has 2 rings (SSSR count). The Morgan fingerprint density at radius 2 is 2.24 bits per heavy atom. The lowest BCUT2D eigenvalue weighted by Crippen LogP contribution is -2.49. The molecule has 0 radical (unpaired) electrons. The summed E-state index contributed by atoms with van der Waals surface area (Å²) in [5.74, 6) is -0.937. The molecule has 1 aliphatic heterocycles. The third-order valence-corrected chi connectivity index (χ3v) is 3.63. The zero-order chi connectivity index (χ0) is 12.6. The molecular weight excluding hydrogens is 222 g/mol. The molecule has 5 nitrogen and oxygen atoms in total. The largest absolute Gasteiger partial charge is 0.480 e. The van der Waals surface area contributed by atoms with Gasteiger partial charge in [0.25, 0.3) is 0 Å². The molecule has 0 bridgehead atoms. The molecule has 1 saturated carbocycles. The van der Waals surface area contributed by atoms with Gasteiger partial charge in [0, 0.05) is 6.54 Å². The summed E-state index contributed by atoms with van der Waals surface area (Å²) >= 11 is 0. The van der Waals surface area contributed by atoms with Crippen LogP contribution < -0.4 is 0 Å². The molecule has 1 saturated heterocycles. The van der Waals surface area contributed by atoms with Crippen molar-refractivity contribution in [1.82, 2.24) is 4.90 Å². The van der Waals surface area contributed by atoms with E-state index in [0.717, 1.165) is 19.3 Å². The zero-order valence-electron chi connectivity index (χ0n) is 10.3. The maximum Gasteiger partial charge on any atom is 0.323 e. The number of carboxylic acids is 1. The van der Waals surface area contributed by atoms with E-state index in [1.54, 1.807) is 0 Å². The Labute approximate surface area is 101 Å². The highest BCUT2D eigenvalue weighted by Gasteiger charge is 2.55. The van der Waals surface area contributed by atoms with E-state index in [0.29, 0.717) is 6.54 Å². The fourth-order valence-corrected chi connectivity index (χ4v) is 2.88. The first-order valence-corrected chi connectivity index (χ1v) is 6.09. The number of rotatable bonds is 4. The van der Waals surface area contributed by atoms with Crippen LogP contribution in [-0.4, -0.2) is 47.2 Å². The monoisotopic (exact) mass is 241 g/mol. The summed E-state index contributed by atoms with van der Waals surface area (Å²) < 4.78 is 5.65. The van der Waals surface area contributed by atoms with E-state index >= 15 is 0 Å². The van der Waals surface area contributed by atoms with Crippen LogP contribution in [0.25, 0.3) is 0 Å². The number of likely N-dealkylation sites (tertiary alicyclic amines) is 1. The fraction of sp³-hybridized carbons (Fsp3) is 0.833. The molecule has 2 fully saturated rings. The number of nitrogens with zero attached hydrogens (tertiary/aromatic N) is 1. The van der Waals surface area contributed by atoms with Crippen LogP contribution in [0.4, 0.5) is 0 Å². The summed E-state index contributed by atoms with van der Waals surface area (Å²) in [6.45, 7) is 4.37. The number of aliphatic carboxylic acids is 1. The smallest absolute Gasteiger partial charge is 0.323 e. The van der Waals surface area contributed by atoms with Crippen molar-refractivity contribution < 1.29 is 19.4 Å². The molecule has 0 unspecified atom stereocenters. The van der Waals surface area contributed by atoms with E-state index in [9.17, 15) is 9.59 Å². The van der Waals surface area contributed by atoms with Gasteiger partial charge in [-0.25, -0.2) is 0 Å². The topological polar surface area (TPSA) is 66.8 Å². The van der Waals surface area contributed by atoms with Gasteiger partial charge in [-0.3, -0.25) is 9.59 Å². The van der Waals surface area contributed by atoms with Gasteiger partial charge in [0.1, 0.15) is 6.54 Å². The van der Waals surface area contributed by atoms with Crippen molar-refractivity contribution in [2.75, 3.05) is 13.1 Å². The van der Waals surface area contributed by atoms with Crippen molar-refractivity contribution in [3.05, 3.63) is 0 Å². The molecule has 1 N–H and O–H groups in total. The summed E-state index contributed by atoms with van der Waals surface area (Å²) in [6, 6.07) is 0. The van der Waals surface area contributed by atoms with Crippen molar-refractivity contribution in [3.63, 3.8) is 0 Å². The van der Waals surface area contributed by atoms with Gasteiger partial charge >= 0.3 is 5.97 Å². The van der Waals surface area contributed by atoms with Gasteiger partial charge in [0.15, 0.2) is 0 Å². The van der Waals surface area contributed by atoms with E-state index in [1.165, 1.54) is 4.90 Å². The second-order valence-electron chi connectivity index (χ2n) is 5.37. The minimum atomic E-state index is -0.940. The molecule has 0 aromatic heterocycles. The molecule has 1 spiro atoms. The van der Waals surface area contributed by atoms with Crippen LogP contribution in [0.15, 0.2) is 0 Å². The normalized spacial score (nSPS) is 32.3. The average Bonchev–Trinajstić information content (AvgIpc) is 2.44. The zero-order valence-corrected chi connectivity index (χ0v) is 10.3. The van der Waals surface area contributed by atoms with Gasteiger partial charge in [0.2, 0.25) is 5.91 Å². The van der Waals surface area contributed by atoms with Crippen LogP contribution in [0.3, 0.4) is 0 Å². The Hall–Kier alpha value is -1.10. The Balaban J connectivity index is 1.89. The molecule has 2 aliphatic rings. The van der Waals surface area contributed by atoms with Crippen LogP contribution in [0.5, 0.6) is 0 Å². The van der Waals surface area contributed by atoms with Crippen LogP contribution in [-0.2, 0) is 14.3 Å². The van der Waals surface area contributed by atoms with E-state index in [2.05, 4.69) is 0 Å². The van der Waals surface area contributed by atoms with Crippen molar-refractivity contribution in [1.29, 1.82) is 0 Å². The number of carbonyl (C=O) groups excluding carboxylic acids is 1. The molecule has 1 aliphatic carbocycles. The quantitative estimate of drug-likeness (QED) is 0.793. The van der Waals surface area contributed by atoms with Gasteiger partial charge in [0.05, 0.1) is 17.6 Å². The van der Waals surface area contributed by atoms with Crippen LogP contribution in [0.2, 0.25) is 0 Å². The molecule has 0 atom stereocenters. The number of hydrogen-bond acceptors (Lipinski definition) is 3. The number of hydrogen-bond donors (Lipinski definition) is 1. The SMILES string of the molecule is CC(C)OC1CC2(CCN(CC(=O)O)C2=O)C1. The Morgan fingerprint density at radius 1 is 1.59 bits per heavy atom. The van der Waals surface area contributed by atoms with Crippen molar-refractivity contribution in [2.24, 2.45) is 5.41 Å². The van der Waals surface area contributed by atoms with Gasteiger partial charge in [-0.15, -0.1) is 0 Å². The van der Waals surface area contributed by atoms with E-state index in [1.807, 2.05) is 13.8 Å². The molecule has 5 heteroatoms. The second-order valence-corrected chi connectivity index (χ2v) is 5.37. The highest BCUT2D eigenvalue weighted by Crippen LogP contribution is 2.50. The first-order chi connectivity index (χ1) is 7.93. The third-order valence-electron chi connectivity index (χ3n) is 3.63. The van der Waals surface area contributed by atoms with Crippen LogP contribution in [0.1, 0.15) is 33.1 Å². The summed E-state index contributed by atoms with van der Waals surface area (Å²) in [5.41, 5.74) is -0.311. The first kappa shape index (κ1) is 12.4. The average molecular weight is 241 g/mol. The Kier molecular flexibility index (Phi) is 3.12. The molecule has 96 valence electrons. The molecule has 17 heavy (non-hydrogen) atoms. The van der Waals surface area contributed by atoms with Crippen molar-refractivity contribution in [3.8, 4) is 0 Å². The summed E-state index contributed by atoms with van der Waals surface area (Å²) in [4.78, 5) is 24.1. The number of carbonyl (C=O) groups is 2. The fourth-order valence-electron chi connectivity index (χ4n) is 2.88. The molecule has 1 heterocycles. The van der Waals surface area contributed by atoms with E-state index in [-0.39, 0.29) is 30.1 Å². The Bertz CT molecular complexity index is 333. The highest BCUT2D eigenvalue weighted by molar-refractivity contribution is 5.88. The van der Waals surface area contributed by atoms with E-state index in [4.69, 9.17) is 9.84 Å². The second kappa shape index (κ2) is 4.29. The predicted molar refractivity (Wildman–Crippen MR) is 60.5 cm³/mol. The first-order valence-electron chi connectivity index (χ1n) is 6.09. The third kappa shape index (κ3) is 2.29. The number of ether oxygens (including phenoxy) is 1. The van der Waals surface area contributed by atoms with Gasteiger partial charge in [-0.1, -0.05) is 0 Å². The summed E-state index contributed by atoms with van der Waals surface area (Å²) in [5, 5.41) is 8.70. The lowest BCUT2D eigenvalue weighted by Gasteiger charge is -2.43. The van der Waals surface area contributed by atoms with Crippen LogP contribution >= 0.6 is 0 Å². The lowest BCUT2D eigenvalue weighted by molar-refractivity contribution is -0.157. The molecule has 0 aromatic carbocycles. The van der Waals surface area contributed by atoms with Gasteiger partial charge < -0.3 is 14.7 Å².